The molecule has 0 saturated carbocycles. The second-order valence-electron chi connectivity index (χ2n) is 7.38. The van der Waals surface area contributed by atoms with Crippen molar-refractivity contribution in [3.63, 3.8) is 0 Å². The van der Waals surface area contributed by atoms with Gasteiger partial charge in [-0.25, -0.2) is 19.6 Å². The highest BCUT2D eigenvalue weighted by atomic mass is 35.5. The minimum Gasteiger partial charge on any atom is -0.415 e. The molecule has 2 aromatic carbocycles. The third-order valence-corrected chi connectivity index (χ3v) is 4.41. The fourth-order valence-electron chi connectivity index (χ4n) is 2.52. The maximum absolute atomic E-state index is 12.3. The molecule has 16 heteroatoms. The lowest BCUT2D eigenvalue weighted by molar-refractivity contribution is -0.138. The van der Waals surface area contributed by atoms with Gasteiger partial charge in [-0.05, 0) is 54.8 Å². The van der Waals surface area contributed by atoms with E-state index >= 15 is 0 Å². The average Bonchev–Trinajstić information content (AvgIpc) is 3.00. The molecule has 0 aliphatic rings. The van der Waals surface area contributed by atoms with Gasteiger partial charge in [-0.2, -0.15) is 39.0 Å². The van der Waals surface area contributed by atoms with Gasteiger partial charge in [-0.1, -0.05) is 50.2 Å². The van der Waals surface area contributed by atoms with Gasteiger partial charge in [0.2, 0.25) is 0 Å². The van der Waals surface area contributed by atoms with E-state index in [-0.39, 0.29) is 11.6 Å². The van der Waals surface area contributed by atoms with Gasteiger partial charge in [-0.15, -0.1) is 0 Å². The highest BCUT2D eigenvalue weighted by Gasteiger charge is 2.31. The summed E-state index contributed by atoms with van der Waals surface area (Å²) >= 11 is 8.48. The number of amides is 1. The SMILES string of the molecule is CC.CS.Nc1ccc(C(F)(F)F)cn1.O=C(Cl)Oc1ccccc1.O=C(Nc1ccc(C(F)(F)F)cn1)Oc1ccccc1. The number of nitrogens with zero attached hydrogens (tertiary/aromatic N) is 2. The van der Waals surface area contributed by atoms with Crippen molar-refractivity contribution < 1.29 is 45.4 Å². The van der Waals surface area contributed by atoms with Crippen LogP contribution in [0.5, 0.6) is 11.5 Å². The van der Waals surface area contributed by atoms with Gasteiger partial charge in [0.25, 0.3) is 0 Å². The Morgan fingerprint density at radius 3 is 1.49 bits per heavy atom. The van der Waals surface area contributed by atoms with Gasteiger partial charge in [-0.3, -0.25) is 5.32 Å². The summed E-state index contributed by atoms with van der Waals surface area (Å²) in [5.41, 5.74) is 2.60. The van der Waals surface area contributed by atoms with Crippen molar-refractivity contribution in [1.29, 1.82) is 0 Å². The number of carbonyl (C=O) groups is 2. The number of benzene rings is 2. The molecule has 45 heavy (non-hydrogen) atoms. The first-order valence-corrected chi connectivity index (χ1v) is 13.7. The van der Waals surface area contributed by atoms with Crippen LogP contribution in [0.25, 0.3) is 0 Å². The number of ether oxygens (including phenoxy) is 2. The van der Waals surface area contributed by atoms with Gasteiger partial charge in [0.15, 0.2) is 0 Å². The molecule has 4 aromatic rings. The van der Waals surface area contributed by atoms with Crippen molar-refractivity contribution in [1.82, 2.24) is 9.97 Å². The van der Waals surface area contributed by atoms with Crippen LogP contribution in [0.1, 0.15) is 25.0 Å². The molecule has 2 heterocycles. The summed E-state index contributed by atoms with van der Waals surface area (Å²) in [7, 11) is 0. The Kier molecular flexibility index (Phi) is 19.1. The van der Waals surface area contributed by atoms with Crippen molar-refractivity contribution >= 4 is 47.4 Å². The van der Waals surface area contributed by atoms with E-state index in [2.05, 4.69) is 32.7 Å². The minimum absolute atomic E-state index is 0.0288. The number of halogens is 7. The van der Waals surface area contributed by atoms with Crippen LogP contribution in [-0.2, 0) is 12.4 Å². The number of hydrogen-bond donors (Lipinski definition) is 3. The number of alkyl halides is 6. The second-order valence-corrected chi connectivity index (χ2v) is 7.69. The molecule has 0 saturated heterocycles. The summed E-state index contributed by atoms with van der Waals surface area (Å²) in [6.07, 6.45) is -6.59. The molecule has 244 valence electrons. The molecular formula is C29H29ClF6N4O4S. The molecule has 2 aromatic heterocycles. The zero-order chi connectivity index (χ0) is 34.5. The minimum atomic E-state index is -4.46. The van der Waals surface area contributed by atoms with Crippen molar-refractivity contribution in [2.75, 3.05) is 17.3 Å². The van der Waals surface area contributed by atoms with E-state index in [4.69, 9.17) is 22.1 Å². The smallest absolute Gasteiger partial charge is 0.415 e. The predicted octanol–water partition coefficient (Wildman–Crippen LogP) is 9.39. The van der Waals surface area contributed by atoms with Crippen molar-refractivity contribution in [3.05, 3.63) is 108 Å². The molecule has 0 fully saturated rings. The van der Waals surface area contributed by atoms with E-state index in [0.717, 1.165) is 24.3 Å². The normalized spacial score (nSPS) is 9.93. The average molecular weight is 679 g/mol. The van der Waals surface area contributed by atoms with E-state index in [1.54, 1.807) is 60.9 Å². The Balaban J connectivity index is 0.000000658. The van der Waals surface area contributed by atoms with Gasteiger partial charge < -0.3 is 15.2 Å². The van der Waals surface area contributed by atoms with Gasteiger partial charge in [0.1, 0.15) is 23.1 Å². The molecule has 8 nitrogen and oxygen atoms in total. The van der Waals surface area contributed by atoms with Gasteiger partial charge in [0, 0.05) is 24.0 Å². The first-order valence-electron chi connectivity index (χ1n) is 12.5. The number of anilines is 2. The lowest BCUT2D eigenvalue weighted by Gasteiger charge is -2.08. The Bertz CT molecular complexity index is 1380. The number of nitrogen functional groups attached to an aromatic ring is 1. The van der Waals surface area contributed by atoms with Crippen molar-refractivity contribution in [2.45, 2.75) is 26.2 Å². The maximum atomic E-state index is 12.3. The van der Waals surface area contributed by atoms with Crippen molar-refractivity contribution in [3.8, 4) is 11.5 Å². The van der Waals surface area contributed by atoms with Gasteiger partial charge >= 0.3 is 23.9 Å². The maximum Gasteiger partial charge on any atom is 0.418 e. The number of rotatable bonds is 3. The van der Waals surface area contributed by atoms with E-state index in [9.17, 15) is 35.9 Å². The zero-order valence-electron chi connectivity index (χ0n) is 23.9. The molecule has 0 unspecified atom stereocenters. The van der Waals surface area contributed by atoms with Crippen LogP contribution < -0.4 is 20.5 Å². The van der Waals surface area contributed by atoms with Crippen LogP contribution in [-0.4, -0.2) is 27.7 Å². The number of hydrogen-bond acceptors (Lipinski definition) is 8. The molecule has 0 bridgehead atoms. The molecule has 3 N–H and O–H groups in total. The van der Waals surface area contributed by atoms with Crippen molar-refractivity contribution in [2.24, 2.45) is 0 Å². The summed E-state index contributed by atoms with van der Waals surface area (Å²) in [5.74, 6) is 0.830. The number of thiol groups is 1. The number of pyridine rings is 2. The van der Waals surface area contributed by atoms with E-state index in [1.165, 1.54) is 0 Å². The molecule has 0 aliphatic carbocycles. The van der Waals surface area contributed by atoms with Crippen LogP contribution in [0.3, 0.4) is 0 Å². The fourth-order valence-corrected chi connectivity index (χ4v) is 2.60. The fraction of sp³-hybridized carbons (Fsp3) is 0.172. The molecule has 0 spiro atoms. The molecule has 1 amide bonds. The van der Waals surface area contributed by atoms with Crippen LogP contribution in [0, 0.1) is 0 Å². The number of para-hydroxylation sites is 2. The third kappa shape index (κ3) is 18.0. The number of aromatic nitrogens is 2. The van der Waals surface area contributed by atoms with Gasteiger partial charge in [0.05, 0.1) is 11.1 Å². The van der Waals surface area contributed by atoms with E-state index in [1.807, 2.05) is 19.9 Å². The molecule has 4 rings (SSSR count). The summed E-state index contributed by atoms with van der Waals surface area (Å²) in [6.45, 7) is 4.00. The summed E-state index contributed by atoms with van der Waals surface area (Å²) in [4.78, 5) is 28.4. The topological polar surface area (TPSA) is 116 Å². The van der Waals surface area contributed by atoms with E-state index < -0.39 is 35.0 Å². The zero-order valence-corrected chi connectivity index (χ0v) is 25.6. The number of nitrogens with one attached hydrogen (secondary N) is 1. The predicted molar refractivity (Wildman–Crippen MR) is 164 cm³/mol. The summed E-state index contributed by atoms with van der Waals surface area (Å²) in [5, 5.41) is 2.23. The van der Waals surface area contributed by atoms with Crippen LogP contribution in [0.4, 0.5) is 47.6 Å². The summed E-state index contributed by atoms with van der Waals surface area (Å²) in [6, 6.07) is 20.8. The monoisotopic (exact) mass is 678 g/mol. The second kappa shape index (κ2) is 21.2. The van der Waals surface area contributed by atoms with Crippen LogP contribution in [0.15, 0.2) is 97.3 Å². The molecular weight excluding hydrogens is 650 g/mol. The van der Waals surface area contributed by atoms with E-state index in [0.29, 0.717) is 23.9 Å². The number of nitrogens with two attached hydrogens (primary N) is 1. The molecule has 0 atom stereocenters. The Labute approximate surface area is 266 Å². The quantitative estimate of drug-likeness (QED) is 0.112. The lowest BCUT2D eigenvalue weighted by atomic mass is 10.3. The number of carbonyl (C=O) groups excluding carboxylic acids is 2. The summed E-state index contributed by atoms with van der Waals surface area (Å²) < 4.78 is 81.9. The highest BCUT2D eigenvalue weighted by molar-refractivity contribution is 7.79. The molecule has 0 radical (unpaired) electrons. The Morgan fingerprint density at radius 1 is 0.711 bits per heavy atom. The van der Waals surface area contributed by atoms with Crippen LogP contribution in [0.2, 0.25) is 0 Å². The third-order valence-electron chi connectivity index (χ3n) is 4.33. The van der Waals surface area contributed by atoms with Crippen LogP contribution >= 0.6 is 24.2 Å². The molecule has 0 aliphatic heterocycles. The highest BCUT2D eigenvalue weighted by Crippen LogP contribution is 2.29. The largest absolute Gasteiger partial charge is 0.418 e. The Morgan fingerprint density at radius 2 is 1.13 bits per heavy atom. The standard InChI is InChI=1S/C13H9F3N2O2.C7H5ClO2.C6H5F3N2.C2H6.CH4S/c14-13(15,16)9-6-7-11(17-8-9)18-12(19)20-10-4-2-1-3-5-10;8-7(9)10-6-4-2-1-3-5-6;7-6(8,9)4-1-2-5(10)11-3-4;2*1-2/h1-8H,(H,17,18,19);1-5H;1-3H,(H2,10,11);1-2H3;2H,1H3. The lowest BCUT2D eigenvalue weighted by Crippen LogP contribution is -2.17. The first-order chi connectivity index (χ1) is 21.2. The Hall–Kier alpha value is -4.50. The first kappa shape index (κ1) is 40.5.